The molecule has 1 amide bonds. The number of pyridine rings is 1. The predicted octanol–water partition coefficient (Wildman–Crippen LogP) is 3.53. The fraction of sp³-hybridized carbons (Fsp3) is 0.208. The fourth-order valence-electron chi connectivity index (χ4n) is 3.43. The van der Waals surface area contributed by atoms with Crippen LogP contribution in [0.3, 0.4) is 0 Å². The lowest BCUT2D eigenvalue weighted by Crippen LogP contribution is -2.29. The molecule has 0 fully saturated rings. The summed E-state index contributed by atoms with van der Waals surface area (Å²) < 4.78 is 6.49. The molecular formula is C24H24N4O4. The van der Waals surface area contributed by atoms with Crippen LogP contribution in [0.15, 0.2) is 70.1 Å². The molecule has 2 heterocycles. The molecule has 8 nitrogen and oxygen atoms in total. The largest absolute Gasteiger partial charge is 0.380 e. The first-order valence-corrected chi connectivity index (χ1v) is 10.1. The number of hydrogen-bond acceptors (Lipinski definition) is 6. The molecule has 0 aliphatic carbocycles. The Hall–Kier alpha value is -3.91. The van der Waals surface area contributed by atoms with E-state index in [9.17, 15) is 14.7 Å². The number of anilines is 2. The Morgan fingerprint density at radius 2 is 1.88 bits per heavy atom. The number of rotatable bonds is 4. The van der Waals surface area contributed by atoms with Crippen molar-refractivity contribution in [2.75, 3.05) is 11.1 Å². The normalized spacial score (nSPS) is 12.6. The van der Waals surface area contributed by atoms with Gasteiger partial charge in [-0.2, -0.15) is 0 Å². The number of aliphatic hydroxyl groups excluding tert-OH is 1. The highest BCUT2D eigenvalue weighted by molar-refractivity contribution is 5.97. The number of carbonyl (C=O) groups excluding carboxylic acids is 1. The molecule has 0 radical (unpaired) electrons. The average Bonchev–Trinajstić information content (AvgIpc) is 3.13. The van der Waals surface area contributed by atoms with E-state index in [1.807, 2.05) is 24.3 Å². The summed E-state index contributed by atoms with van der Waals surface area (Å²) in [5.41, 5.74) is 7.73. The first-order valence-electron chi connectivity index (χ1n) is 10.1. The molecule has 4 N–H and O–H groups in total. The van der Waals surface area contributed by atoms with Crippen molar-refractivity contribution in [3.05, 3.63) is 82.3 Å². The van der Waals surface area contributed by atoms with Crippen LogP contribution in [-0.4, -0.2) is 20.7 Å². The van der Waals surface area contributed by atoms with Gasteiger partial charge in [-0.1, -0.05) is 38.1 Å². The Bertz CT molecular complexity index is 1350. The molecule has 0 aliphatic rings. The smallest absolute Gasteiger partial charge is 0.261 e. The lowest BCUT2D eigenvalue weighted by atomic mass is 9.87. The molecular weight excluding hydrogens is 408 g/mol. The lowest BCUT2D eigenvalue weighted by molar-refractivity contribution is -0.124. The summed E-state index contributed by atoms with van der Waals surface area (Å²) in [6, 6.07) is 15.5. The average molecular weight is 432 g/mol. The lowest BCUT2D eigenvalue weighted by Gasteiger charge is -2.19. The summed E-state index contributed by atoms with van der Waals surface area (Å²) in [5.74, 6) is -0.493. The van der Waals surface area contributed by atoms with E-state index in [-0.39, 0.29) is 16.8 Å². The number of benzene rings is 2. The summed E-state index contributed by atoms with van der Waals surface area (Å²) in [7, 11) is 0. The third-order valence-electron chi connectivity index (χ3n) is 5.30. The van der Waals surface area contributed by atoms with Crippen LogP contribution in [0.5, 0.6) is 0 Å². The van der Waals surface area contributed by atoms with Crippen molar-refractivity contribution in [1.82, 2.24) is 9.72 Å². The van der Waals surface area contributed by atoms with Gasteiger partial charge in [0.1, 0.15) is 0 Å². The Balaban J connectivity index is 1.59. The highest BCUT2D eigenvalue weighted by atomic mass is 16.5. The number of nitrogens with one attached hydrogen (secondary N) is 1. The second kappa shape index (κ2) is 7.97. The molecule has 2 aromatic carbocycles. The molecule has 2 aromatic heterocycles. The van der Waals surface area contributed by atoms with E-state index in [0.717, 1.165) is 5.56 Å². The van der Waals surface area contributed by atoms with E-state index in [1.54, 1.807) is 30.5 Å². The summed E-state index contributed by atoms with van der Waals surface area (Å²) in [6.45, 7) is 6.33. The molecule has 4 aromatic rings. The molecule has 1 atom stereocenters. The van der Waals surface area contributed by atoms with Gasteiger partial charge in [0, 0.05) is 23.6 Å². The number of amides is 1. The van der Waals surface area contributed by atoms with Crippen LogP contribution in [0.2, 0.25) is 0 Å². The van der Waals surface area contributed by atoms with E-state index in [4.69, 9.17) is 10.3 Å². The molecule has 4 rings (SSSR count). The SMILES string of the molecule is CC(C)(C)c1ccc(-n2cccc(C(O)C(=O)Nc3ccc4c(N)noc4c3)c2=O)cc1. The highest BCUT2D eigenvalue weighted by Gasteiger charge is 2.22. The molecule has 164 valence electrons. The first-order chi connectivity index (χ1) is 15.1. The highest BCUT2D eigenvalue weighted by Crippen LogP contribution is 2.25. The zero-order chi connectivity index (χ0) is 23.0. The summed E-state index contributed by atoms with van der Waals surface area (Å²) >= 11 is 0. The van der Waals surface area contributed by atoms with Crippen molar-refractivity contribution in [2.45, 2.75) is 32.3 Å². The minimum atomic E-state index is -1.65. The number of fused-ring (bicyclic) bond motifs is 1. The third kappa shape index (κ3) is 4.00. The Morgan fingerprint density at radius 1 is 1.16 bits per heavy atom. The van der Waals surface area contributed by atoms with Gasteiger partial charge in [0.25, 0.3) is 11.5 Å². The summed E-state index contributed by atoms with van der Waals surface area (Å²) in [4.78, 5) is 25.6. The van der Waals surface area contributed by atoms with Crippen LogP contribution in [0, 0.1) is 0 Å². The van der Waals surface area contributed by atoms with Crippen LogP contribution < -0.4 is 16.6 Å². The Morgan fingerprint density at radius 3 is 2.56 bits per heavy atom. The van der Waals surface area contributed by atoms with Crippen LogP contribution in [0.25, 0.3) is 16.7 Å². The van der Waals surface area contributed by atoms with Gasteiger partial charge in [0.05, 0.1) is 10.9 Å². The molecule has 0 saturated heterocycles. The van der Waals surface area contributed by atoms with E-state index in [0.29, 0.717) is 22.3 Å². The Labute approximate surface area is 184 Å². The number of nitrogen functional groups attached to an aromatic ring is 1. The third-order valence-corrected chi connectivity index (χ3v) is 5.30. The maximum absolute atomic E-state index is 13.0. The molecule has 0 bridgehead atoms. The molecule has 0 aliphatic heterocycles. The van der Waals surface area contributed by atoms with E-state index in [1.165, 1.54) is 10.6 Å². The topological polar surface area (TPSA) is 123 Å². The molecule has 8 heteroatoms. The van der Waals surface area contributed by atoms with Crippen molar-refractivity contribution in [1.29, 1.82) is 0 Å². The van der Waals surface area contributed by atoms with Gasteiger partial charge in [-0.3, -0.25) is 14.2 Å². The van der Waals surface area contributed by atoms with Gasteiger partial charge in [-0.25, -0.2) is 0 Å². The number of carbonyl (C=O) groups is 1. The van der Waals surface area contributed by atoms with Crippen molar-refractivity contribution in [2.24, 2.45) is 0 Å². The van der Waals surface area contributed by atoms with Gasteiger partial charge in [-0.15, -0.1) is 0 Å². The zero-order valence-electron chi connectivity index (χ0n) is 18.0. The van der Waals surface area contributed by atoms with Gasteiger partial charge in [0.15, 0.2) is 17.5 Å². The zero-order valence-corrected chi connectivity index (χ0v) is 18.0. The number of nitrogens with zero attached hydrogens (tertiary/aromatic N) is 2. The number of aliphatic hydroxyl groups is 1. The number of nitrogens with two attached hydrogens (primary N) is 1. The van der Waals surface area contributed by atoms with E-state index < -0.39 is 17.6 Å². The second-order valence-electron chi connectivity index (χ2n) is 8.61. The monoisotopic (exact) mass is 432 g/mol. The van der Waals surface area contributed by atoms with Crippen molar-refractivity contribution >= 4 is 28.4 Å². The number of hydrogen-bond donors (Lipinski definition) is 3. The predicted molar refractivity (Wildman–Crippen MR) is 123 cm³/mol. The van der Waals surface area contributed by atoms with Crippen molar-refractivity contribution in [3.8, 4) is 5.69 Å². The van der Waals surface area contributed by atoms with Crippen LogP contribution in [0.4, 0.5) is 11.5 Å². The van der Waals surface area contributed by atoms with Crippen molar-refractivity contribution in [3.63, 3.8) is 0 Å². The van der Waals surface area contributed by atoms with Gasteiger partial charge in [-0.05, 0) is 47.4 Å². The summed E-state index contributed by atoms with van der Waals surface area (Å²) in [5, 5.41) is 17.5. The maximum Gasteiger partial charge on any atom is 0.261 e. The van der Waals surface area contributed by atoms with Gasteiger partial charge >= 0.3 is 0 Å². The minimum Gasteiger partial charge on any atom is -0.380 e. The fourth-order valence-corrected chi connectivity index (χ4v) is 3.43. The number of aromatic nitrogens is 2. The Kier molecular flexibility index (Phi) is 5.31. The maximum atomic E-state index is 13.0. The molecule has 0 saturated carbocycles. The molecule has 0 spiro atoms. The molecule has 1 unspecified atom stereocenters. The van der Waals surface area contributed by atoms with Crippen LogP contribution in [0.1, 0.15) is 38.0 Å². The molecule has 32 heavy (non-hydrogen) atoms. The van der Waals surface area contributed by atoms with E-state index >= 15 is 0 Å². The van der Waals surface area contributed by atoms with Crippen LogP contribution >= 0.6 is 0 Å². The summed E-state index contributed by atoms with van der Waals surface area (Å²) in [6.07, 6.45) is -0.0515. The van der Waals surface area contributed by atoms with Gasteiger partial charge < -0.3 is 20.7 Å². The quantitative estimate of drug-likeness (QED) is 0.453. The second-order valence-corrected chi connectivity index (χ2v) is 8.61. The van der Waals surface area contributed by atoms with Gasteiger partial charge in [0.2, 0.25) is 0 Å². The first kappa shape index (κ1) is 21.3. The van der Waals surface area contributed by atoms with Crippen LogP contribution in [-0.2, 0) is 10.2 Å². The standard InChI is InChI=1S/C24H24N4O4/c1-24(2,3)14-6-9-16(10-7-14)28-12-4-5-18(23(28)31)20(29)22(30)26-15-8-11-17-19(13-15)32-27-21(17)25/h4-13,20,29H,1-3H3,(H2,25,27)(H,26,30). The van der Waals surface area contributed by atoms with E-state index in [2.05, 4.69) is 31.2 Å². The van der Waals surface area contributed by atoms with Crippen molar-refractivity contribution < 1.29 is 14.4 Å². The minimum absolute atomic E-state index is 0.0138.